The molecular weight excluding hydrogens is 384 g/mol. The van der Waals surface area contributed by atoms with Gasteiger partial charge < -0.3 is 10.1 Å². The minimum atomic E-state index is -0.193. The van der Waals surface area contributed by atoms with Crippen LogP contribution in [0.1, 0.15) is 66.1 Å². The third-order valence-electron chi connectivity index (χ3n) is 6.33. The number of piperidine rings is 2. The van der Waals surface area contributed by atoms with Crippen molar-refractivity contribution in [3.8, 4) is 5.75 Å². The number of carbonyl (C=O) groups is 1. The quantitative estimate of drug-likeness (QED) is 0.718. The smallest absolute Gasteiger partial charge is 0.253 e. The van der Waals surface area contributed by atoms with Gasteiger partial charge in [0.1, 0.15) is 5.75 Å². The van der Waals surface area contributed by atoms with Gasteiger partial charge in [-0.15, -0.1) is 0 Å². The van der Waals surface area contributed by atoms with Gasteiger partial charge >= 0.3 is 0 Å². The number of amides is 1. The molecule has 2 heterocycles. The lowest BCUT2D eigenvalue weighted by Gasteiger charge is -2.45. The molecule has 2 aliphatic heterocycles. The molecule has 2 aromatic carbocycles. The number of ether oxygens (including phenoxy) is 1. The Labute approximate surface area is 178 Å². The summed E-state index contributed by atoms with van der Waals surface area (Å²) in [6.07, 6.45) is 7.99. The van der Waals surface area contributed by atoms with Crippen molar-refractivity contribution < 1.29 is 9.53 Å². The minimum absolute atomic E-state index is 0.193. The van der Waals surface area contributed by atoms with Gasteiger partial charge in [0, 0.05) is 18.6 Å². The van der Waals surface area contributed by atoms with E-state index in [9.17, 15) is 4.79 Å². The summed E-state index contributed by atoms with van der Waals surface area (Å²) in [5.74, 6) is 0.314. The van der Waals surface area contributed by atoms with Gasteiger partial charge in [0.25, 0.3) is 5.91 Å². The Morgan fingerprint density at radius 3 is 2.69 bits per heavy atom. The predicted octanol–water partition coefficient (Wildman–Crippen LogP) is 5.36. The normalized spacial score (nSPS) is 22.0. The molecule has 4 rings (SSSR count). The van der Waals surface area contributed by atoms with Crippen LogP contribution < -0.4 is 10.1 Å². The highest BCUT2D eigenvalue weighted by atomic mass is 35.5. The molecule has 4 nitrogen and oxygen atoms in total. The summed E-state index contributed by atoms with van der Waals surface area (Å²) in [6.45, 7) is 1.71. The molecule has 2 aliphatic rings. The molecule has 0 aliphatic carbocycles. The number of rotatable bonds is 5. The fourth-order valence-corrected chi connectivity index (χ4v) is 5.08. The average Bonchev–Trinajstić information content (AvgIpc) is 2.77. The second-order valence-corrected chi connectivity index (χ2v) is 8.46. The van der Waals surface area contributed by atoms with Crippen LogP contribution in [0, 0.1) is 0 Å². The SMILES string of the molecule is COc1cccc(C(=O)NCc2ccc(C3CCCC4CCCCN43)cc2)c1Cl. The number of carbonyl (C=O) groups excluding carboxylic acids is 1. The van der Waals surface area contributed by atoms with Crippen LogP contribution in [0.25, 0.3) is 0 Å². The fourth-order valence-electron chi connectivity index (χ4n) is 4.79. The van der Waals surface area contributed by atoms with Crippen LogP contribution in [0.15, 0.2) is 42.5 Å². The van der Waals surface area contributed by atoms with Crippen molar-refractivity contribution in [3.05, 3.63) is 64.2 Å². The summed E-state index contributed by atoms with van der Waals surface area (Å²) in [7, 11) is 1.54. The average molecular weight is 413 g/mol. The molecule has 0 bridgehead atoms. The molecule has 0 saturated carbocycles. The van der Waals surface area contributed by atoms with E-state index in [1.54, 1.807) is 25.3 Å². The number of hydrogen-bond acceptors (Lipinski definition) is 3. The number of fused-ring (bicyclic) bond motifs is 1. The molecule has 1 amide bonds. The van der Waals surface area contributed by atoms with Crippen molar-refractivity contribution in [1.29, 1.82) is 0 Å². The largest absolute Gasteiger partial charge is 0.495 e. The lowest BCUT2D eigenvalue weighted by Crippen LogP contribution is -2.44. The highest BCUT2D eigenvalue weighted by Gasteiger charge is 2.32. The number of hydrogen-bond donors (Lipinski definition) is 1. The molecule has 2 saturated heterocycles. The molecular formula is C24H29ClN2O2. The Kier molecular flexibility index (Phi) is 6.41. The van der Waals surface area contributed by atoms with E-state index in [-0.39, 0.29) is 5.91 Å². The van der Waals surface area contributed by atoms with E-state index in [1.165, 1.54) is 50.6 Å². The van der Waals surface area contributed by atoms with Crippen LogP contribution in [0.2, 0.25) is 5.02 Å². The number of halogens is 1. The van der Waals surface area contributed by atoms with Crippen LogP contribution in [0.4, 0.5) is 0 Å². The highest BCUT2D eigenvalue weighted by Crippen LogP contribution is 2.38. The van der Waals surface area contributed by atoms with Crippen molar-refractivity contribution in [1.82, 2.24) is 10.2 Å². The van der Waals surface area contributed by atoms with Crippen LogP contribution in [-0.2, 0) is 6.54 Å². The summed E-state index contributed by atoms with van der Waals surface area (Å²) in [5.41, 5.74) is 2.93. The maximum atomic E-state index is 12.5. The second-order valence-electron chi connectivity index (χ2n) is 8.08. The van der Waals surface area contributed by atoms with Crippen LogP contribution >= 0.6 is 11.6 Å². The maximum Gasteiger partial charge on any atom is 0.253 e. The zero-order valence-corrected chi connectivity index (χ0v) is 17.8. The van der Waals surface area contributed by atoms with Gasteiger partial charge in [-0.2, -0.15) is 0 Å². The van der Waals surface area contributed by atoms with E-state index in [2.05, 4.69) is 34.5 Å². The van der Waals surface area contributed by atoms with Crippen molar-refractivity contribution in [3.63, 3.8) is 0 Å². The van der Waals surface area contributed by atoms with Gasteiger partial charge in [0.2, 0.25) is 0 Å². The van der Waals surface area contributed by atoms with Gasteiger partial charge in [0.15, 0.2) is 0 Å². The van der Waals surface area contributed by atoms with Gasteiger partial charge in [-0.25, -0.2) is 0 Å². The first-order valence-corrected chi connectivity index (χ1v) is 11.0. The number of nitrogens with one attached hydrogen (secondary N) is 1. The van der Waals surface area contributed by atoms with Crippen LogP contribution in [0.5, 0.6) is 5.75 Å². The van der Waals surface area contributed by atoms with Gasteiger partial charge in [0.05, 0.1) is 17.7 Å². The Bertz CT molecular complexity index is 850. The molecule has 29 heavy (non-hydrogen) atoms. The number of nitrogens with zero attached hydrogens (tertiary/aromatic N) is 1. The summed E-state index contributed by atoms with van der Waals surface area (Å²) in [6, 6.07) is 15.3. The van der Waals surface area contributed by atoms with Crippen molar-refractivity contribution in [2.24, 2.45) is 0 Å². The van der Waals surface area contributed by atoms with Crippen LogP contribution in [0.3, 0.4) is 0 Å². The molecule has 2 aromatic rings. The van der Waals surface area contributed by atoms with E-state index >= 15 is 0 Å². The number of benzene rings is 2. The highest BCUT2D eigenvalue weighted by molar-refractivity contribution is 6.35. The molecule has 2 atom stereocenters. The molecule has 2 unspecified atom stereocenters. The van der Waals surface area contributed by atoms with Gasteiger partial charge in [-0.05, 0) is 61.9 Å². The van der Waals surface area contributed by atoms with Crippen molar-refractivity contribution in [2.45, 2.75) is 57.2 Å². The van der Waals surface area contributed by atoms with E-state index < -0.39 is 0 Å². The van der Waals surface area contributed by atoms with Crippen LogP contribution in [-0.4, -0.2) is 30.5 Å². The minimum Gasteiger partial charge on any atom is -0.495 e. The second kappa shape index (κ2) is 9.19. The Morgan fingerprint density at radius 2 is 1.90 bits per heavy atom. The summed E-state index contributed by atoms with van der Waals surface area (Å²) in [4.78, 5) is 15.3. The zero-order chi connectivity index (χ0) is 20.2. The standard InChI is InChI=1S/C24H29ClN2O2/c1-29-22-10-5-8-20(23(22)25)24(28)26-16-17-11-13-18(14-12-17)21-9-4-7-19-6-2-3-15-27(19)21/h5,8,10-14,19,21H,2-4,6-7,9,15-16H2,1H3,(H,26,28). The summed E-state index contributed by atoms with van der Waals surface area (Å²) < 4.78 is 5.19. The van der Waals surface area contributed by atoms with Crippen molar-refractivity contribution in [2.75, 3.05) is 13.7 Å². The van der Waals surface area contributed by atoms with Gasteiger partial charge in [-0.1, -0.05) is 48.4 Å². The molecule has 154 valence electrons. The molecule has 0 spiro atoms. The Balaban J connectivity index is 1.39. The molecule has 1 N–H and O–H groups in total. The van der Waals surface area contributed by atoms with E-state index in [0.717, 1.165) is 11.6 Å². The first kappa shape index (κ1) is 20.2. The Hall–Kier alpha value is -2.04. The maximum absolute atomic E-state index is 12.5. The fraction of sp³-hybridized carbons (Fsp3) is 0.458. The lowest BCUT2D eigenvalue weighted by atomic mass is 9.86. The molecule has 2 fully saturated rings. The molecule has 0 radical (unpaired) electrons. The topological polar surface area (TPSA) is 41.6 Å². The summed E-state index contributed by atoms with van der Waals surface area (Å²) in [5, 5.41) is 3.31. The van der Waals surface area contributed by atoms with Gasteiger partial charge in [-0.3, -0.25) is 9.69 Å². The zero-order valence-electron chi connectivity index (χ0n) is 17.0. The van der Waals surface area contributed by atoms with Crippen molar-refractivity contribution >= 4 is 17.5 Å². The first-order valence-electron chi connectivity index (χ1n) is 10.6. The van der Waals surface area contributed by atoms with E-state index in [4.69, 9.17) is 16.3 Å². The third kappa shape index (κ3) is 4.44. The monoisotopic (exact) mass is 412 g/mol. The molecule has 0 aromatic heterocycles. The predicted molar refractivity (Wildman–Crippen MR) is 117 cm³/mol. The number of methoxy groups -OCH3 is 1. The lowest BCUT2D eigenvalue weighted by molar-refractivity contribution is 0.0518. The third-order valence-corrected chi connectivity index (χ3v) is 6.72. The van der Waals surface area contributed by atoms with E-state index in [0.29, 0.717) is 28.9 Å². The summed E-state index contributed by atoms with van der Waals surface area (Å²) >= 11 is 6.26. The first-order chi connectivity index (χ1) is 14.2. The molecule has 5 heteroatoms. The Morgan fingerprint density at radius 1 is 1.10 bits per heavy atom. The van der Waals surface area contributed by atoms with E-state index in [1.807, 2.05) is 0 Å².